The van der Waals surface area contributed by atoms with E-state index in [4.69, 9.17) is 0 Å². The first-order valence-electron chi connectivity index (χ1n) is 7.62. The van der Waals surface area contributed by atoms with Crippen LogP contribution in [0.2, 0.25) is 0 Å². The van der Waals surface area contributed by atoms with Gasteiger partial charge in [-0.05, 0) is 38.5 Å². The van der Waals surface area contributed by atoms with Crippen molar-refractivity contribution in [2.24, 2.45) is 18.4 Å². The third-order valence-electron chi connectivity index (χ3n) is 5.01. The summed E-state index contributed by atoms with van der Waals surface area (Å²) in [5.74, 6) is 0.726. The maximum Gasteiger partial charge on any atom is 0.101 e. The Hall–Kier alpha value is -1.34. The molecule has 0 aromatic carbocycles. The summed E-state index contributed by atoms with van der Waals surface area (Å²) in [7, 11) is 1.86. The standard InChI is InChI=1S/C16H25N3O/c1-4-5-13-6-8-16(11-17,9-7-13)15(20)14-10-18-19(3)12(14)2/h10,13,15,20H,4-9H2,1-3H3. The summed E-state index contributed by atoms with van der Waals surface area (Å²) in [5, 5.41) is 24.6. The van der Waals surface area contributed by atoms with E-state index in [9.17, 15) is 10.4 Å². The van der Waals surface area contributed by atoms with Crippen LogP contribution in [0.5, 0.6) is 0 Å². The third kappa shape index (κ3) is 2.60. The highest BCUT2D eigenvalue weighted by Gasteiger charge is 2.43. The lowest BCUT2D eigenvalue weighted by Gasteiger charge is -2.38. The van der Waals surface area contributed by atoms with E-state index in [0.29, 0.717) is 0 Å². The maximum atomic E-state index is 10.7. The fraction of sp³-hybridized carbons (Fsp3) is 0.750. The molecule has 0 bridgehead atoms. The number of aliphatic hydroxyl groups excluding tert-OH is 1. The van der Waals surface area contributed by atoms with Gasteiger partial charge in [0.15, 0.2) is 0 Å². The summed E-state index contributed by atoms with van der Waals surface area (Å²) in [5.41, 5.74) is 1.13. The van der Waals surface area contributed by atoms with Gasteiger partial charge in [0.1, 0.15) is 6.10 Å². The number of rotatable bonds is 4. The fourth-order valence-corrected chi connectivity index (χ4v) is 3.42. The molecule has 0 amide bonds. The maximum absolute atomic E-state index is 10.7. The van der Waals surface area contributed by atoms with Gasteiger partial charge in [0.05, 0.1) is 17.7 Å². The molecule has 1 unspecified atom stereocenters. The van der Waals surface area contributed by atoms with Crippen molar-refractivity contribution in [1.82, 2.24) is 9.78 Å². The molecule has 110 valence electrons. The van der Waals surface area contributed by atoms with E-state index in [1.54, 1.807) is 10.9 Å². The van der Waals surface area contributed by atoms with Gasteiger partial charge < -0.3 is 5.11 Å². The lowest BCUT2D eigenvalue weighted by Crippen LogP contribution is -2.32. The molecule has 0 saturated heterocycles. The minimum atomic E-state index is -0.719. The van der Waals surface area contributed by atoms with Crippen molar-refractivity contribution >= 4 is 0 Å². The Labute approximate surface area is 121 Å². The summed E-state index contributed by atoms with van der Waals surface area (Å²) < 4.78 is 1.76. The molecular weight excluding hydrogens is 250 g/mol. The molecule has 0 aliphatic heterocycles. The average molecular weight is 275 g/mol. The van der Waals surface area contributed by atoms with Crippen LogP contribution in [-0.2, 0) is 7.05 Å². The van der Waals surface area contributed by atoms with Crippen LogP contribution >= 0.6 is 0 Å². The Morgan fingerprint density at radius 2 is 2.20 bits per heavy atom. The molecule has 1 N–H and O–H groups in total. The summed E-state index contributed by atoms with van der Waals surface area (Å²) in [6, 6.07) is 2.43. The normalized spacial score (nSPS) is 28.1. The minimum absolute atomic E-state index is 0.627. The highest BCUT2D eigenvalue weighted by molar-refractivity contribution is 5.25. The van der Waals surface area contributed by atoms with Crippen LogP contribution in [0.4, 0.5) is 0 Å². The number of aromatic nitrogens is 2. The summed E-state index contributed by atoms with van der Waals surface area (Å²) in [6.07, 6.45) is 7.13. The zero-order valence-electron chi connectivity index (χ0n) is 12.8. The summed E-state index contributed by atoms with van der Waals surface area (Å²) in [6.45, 7) is 4.15. The molecule has 0 spiro atoms. The largest absolute Gasteiger partial charge is 0.387 e. The van der Waals surface area contributed by atoms with Crippen LogP contribution in [0.1, 0.15) is 62.8 Å². The first-order valence-corrected chi connectivity index (χ1v) is 7.62. The number of nitrogens with zero attached hydrogens (tertiary/aromatic N) is 3. The van der Waals surface area contributed by atoms with Crippen LogP contribution in [0, 0.1) is 29.6 Å². The van der Waals surface area contributed by atoms with E-state index >= 15 is 0 Å². The van der Waals surface area contributed by atoms with E-state index < -0.39 is 11.5 Å². The van der Waals surface area contributed by atoms with E-state index in [1.165, 1.54) is 12.8 Å². The predicted octanol–water partition coefficient (Wildman–Crippen LogP) is 3.26. The van der Waals surface area contributed by atoms with Gasteiger partial charge in [-0.3, -0.25) is 4.68 Å². The number of hydrogen-bond donors (Lipinski definition) is 1. The van der Waals surface area contributed by atoms with E-state index in [1.807, 2.05) is 14.0 Å². The predicted molar refractivity (Wildman–Crippen MR) is 77.8 cm³/mol. The number of hydrogen-bond acceptors (Lipinski definition) is 3. The SMILES string of the molecule is CCCC1CCC(C#N)(C(O)c2cnn(C)c2C)CC1. The molecule has 20 heavy (non-hydrogen) atoms. The third-order valence-corrected chi connectivity index (χ3v) is 5.01. The molecule has 1 aliphatic carbocycles. The van der Waals surface area contributed by atoms with Crippen LogP contribution < -0.4 is 0 Å². The smallest absolute Gasteiger partial charge is 0.101 e. The molecule has 1 fully saturated rings. The summed E-state index contributed by atoms with van der Waals surface area (Å²) >= 11 is 0. The first-order chi connectivity index (χ1) is 9.54. The van der Waals surface area contributed by atoms with Crippen LogP contribution in [0.15, 0.2) is 6.20 Å². The molecule has 4 nitrogen and oxygen atoms in total. The van der Waals surface area contributed by atoms with E-state index in [2.05, 4.69) is 18.1 Å². The second-order valence-electron chi connectivity index (χ2n) is 6.21. The number of nitriles is 1. The van der Waals surface area contributed by atoms with Gasteiger partial charge in [-0.25, -0.2) is 0 Å². The zero-order chi connectivity index (χ0) is 14.8. The minimum Gasteiger partial charge on any atom is -0.387 e. The van der Waals surface area contributed by atoms with Gasteiger partial charge in [-0.1, -0.05) is 19.8 Å². The van der Waals surface area contributed by atoms with Gasteiger partial charge in [-0.2, -0.15) is 10.4 Å². The molecule has 1 heterocycles. The molecule has 0 radical (unpaired) electrons. The molecule has 1 atom stereocenters. The van der Waals surface area contributed by atoms with Crippen molar-refractivity contribution in [1.29, 1.82) is 5.26 Å². The second-order valence-corrected chi connectivity index (χ2v) is 6.21. The monoisotopic (exact) mass is 275 g/mol. The Bertz CT molecular complexity index is 492. The van der Waals surface area contributed by atoms with Crippen molar-refractivity contribution in [3.63, 3.8) is 0 Å². The molecule has 1 saturated carbocycles. The van der Waals surface area contributed by atoms with E-state index in [0.717, 1.165) is 42.9 Å². The molecule has 2 rings (SSSR count). The average Bonchev–Trinajstić information content (AvgIpc) is 2.80. The van der Waals surface area contributed by atoms with Crippen molar-refractivity contribution in [2.45, 2.75) is 58.5 Å². The van der Waals surface area contributed by atoms with Crippen LogP contribution in [-0.4, -0.2) is 14.9 Å². The van der Waals surface area contributed by atoms with Gasteiger partial charge in [0.2, 0.25) is 0 Å². The summed E-state index contributed by atoms with van der Waals surface area (Å²) in [4.78, 5) is 0. The highest BCUT2D eigenvalue weighted by Crippen LogP contribution is 2.48. The zero-order valence-corrected chi connectivity index (χ0v) is 12.8. The molecule has 4 heteroatoms. The number of aryl methyl sites for hydroxylation is 1. The lowest BCUT2D eigenvalue weighted by atomic mass is 9.66. The Morgan fingerprint density at radius 1 is 1.55 bits per heavy atom. The van der Waals surface area contributed by atoms with Gasteiger partial charge in [-0.15, -0.1) is 0 Å². The van der Waals surface area contributed by atoms with Gasteiger partial charge in [0, 0.05) is 18.3 Å². The Morgan fingerprint density at radius 3 is 2.65 bits per heavy atom. The van der Waals surface area contributed by atoms with Crippen LogP contribution in [0.3, 0.4) is 0 Å². The van der Waals surface area contributed by atoms with Crippen molar-refractivity contribution < 1.29 is 5.11 Å². The molecule has 1 aromatic rings. The molecule has 1 aliphatic rings. The Balaban J connectivity index is 2.17. The van der Waals surface area contributed by atoms with Gasteiger partial charge >= 0.3 is 0 Å². The Kier molecular flexibility index (Phi) is 4.49. The quantitative estimate of drug-likeness (QED) is 0.917. The van der Waals surface area contributed by atoms with Crippen molar-refractivity contribution in [3.05, 3.63) is 17.5 Å². The van der Waals surface area contributed by atoms with Crippen molar-refractivity contribution in [3.8, 4) is 6.07 Å². The topological polar surface area (TPSA) is 61.8 Å². The molecule has 1 aromatic heterocycles. The van der Waals surface area contributed by atoms with E-state index in [-0.39, 0.29) is 0 Å². The van der Waals surface area contributed by atoms with Crippen molar-refractivity contribution in [2.75, 3.05) is 0 Å². The number of aliphatic hydroxyl groups is 1. The van der Waals surface area contributed by atoms with Gasteiger partial charge in [0.25, 0.3) is 0 Å². The second kappa shape index (κ2) is 5.97. The first kappa shape index (κ1) is 15.1. The lowest BCUT2D eigenvalue weighted by molar-refractivity contribution is 0.0232. The fourth-order valence-electron chi connectivity index (χ4n) is 3.42. The molecular formula is C16H25N3O. The van der Waals surface area contributed by atoms with Crippen LogP contribution in [0.25, 0.3) is 0 Å². The highest BCUT2D eigenvalue weighted by atomic mass is 16.3.